The van der Waals surface area contributed by atoms with Crippen molar-refractivity contribution in [3.63, 3.8) is 0 Å². The predicted molar refractivity (Wildman–Crippen MR) is 88.0 cm³/mol. The van der Waals surface area contributed by atoms with Crippen LogP contribution in [0.2, 0.25) is 0 Å². The van der Waals surface area contributed by atoms with E-state index in [-0.39, 0.29) is 0 Å². The summed E-state index contributed by atoms with van der Waals surface area (Å²) in [6.45, 7) is 15.7. The Morgan fingerprint density at radius 1 is 1.10 bits per heavy atom. The van der Waals surface area contributed by atoms with Crippen molar-refractivity contribution >= 4 is 0 Å². The smallest absolute Gasteiger partial charge is 0.0198 e. The van der Waals surface area contributed by atoms with Gasteiger partial charge in [0, 0.05) is 25.2 Å². The van der Waals surface area contributed by atoms with E-state index in [0.29, 0.717) is 11.5 Å². The van der Waals surface area contributed by atoms with Gasteiger partial charge in [-0.1, -0.05) is 27.2 Å². The number of nitrogens with zero attached hydrogens (tertiary/aromatic N) is 1. The van der Waals surface area contributed by atoms with Crippen molar-refractivity contribution in [3.05, 3.63) is 0 Å². The van der Waals surface area contributed by atoms with Crippen LogP contribution in [0.25, 0.3) is 0 Å². The molecule has 0 amide bonds. The molecule has 2 atom stereocenters. The molecule has 1 aliphatic heterocycles. The summed E-state index contributed by atoms with van der Waals surface area (Å²) >= 11 is 0. The second kappa shape index (κ2) is 6.79. The Hall–Kier alpha value is -0.0800. The monoisotopic (exact) mass is 280 g/mol. The van der Waals surface area contributed by atoms with E-state index in [1.54, 1.807) is 0 Å². The normalized spacial score (nSPS) is 29.7. The minimum atomic E-state index is 0.461. The molecule has 1 heterocycles. The lowest BCUT2D eigenvalue weighted by Gasteiger charge is -2.43. The van der Waals surface area contributed by atoms with Gasteiger partial charge in [-0.2, -0.15) is 0 Å². The van der Waals surface area contributed by atoms with Gasteiger partial charge in [-0.15, -0.1) is 0 Å². The highest BCUT2D eigenvalue weighted by atomic mass is 15.2. The summed E-state index contributed by atoms with van der Waals surface area (Å²) in [6, 6.07) is 1.41. The molecule has 2 nitrogen and oxygen atoms in total. The van der Waals surface area contributed by atoms with Gasteiger partial charge in [0.05, 0.1) is 0 Å². The summed E-state index contributed by atoms with van der Waals surface area (Å²) in [6.07, 6.45) is 7.12. The molecule has 2 unspecified atom stereocenters. The van der Waals surface area contributed by atoms with Gasteiger partial charge in [-0.05, 0) is 63.3 Å². The summed E-state index contributed by atoms with van der Waals surface area (Å²) in [5.41, 5.74) is 0.461. The summed E-state index contributed by atoms with van der Waals surface area (Å²) in [5.74, 6) is 1.84. The van der Waals surface area contributed by atoms with Crippen molar-refractivity contribution < 1.29 is 0 Å². The van der Waals surface area contributed by atoms with E-state index in [1.807, 2.05) is 0 Å². The fourth-order valence-corrected chi connectivity index (χ4v) is 3.85. The lowest BCUT2D eigenvalue weighted by atomic mass is 9.79. The lowest BCUT2D eigenvalue weighted by molar-refractivity contribution is 0.0867. The average Bonchev–Trinajstić information content (AvgIpc) is 2.24. The fourth-order valence-electron chi connectivity index (χ4n) is 3.85. The van der Waals surface area contributed by atoms with E-state index in [4.69, 9.17) is 0 Å². The number of piperidine rings is 1. The van der Waals surface area contributed by atoms with Gasteiger partial charge in [0.2, 0.25) is 0 Å². The van der Waals surface area contributed by atoms with Gasteiger partial charge >= 0.3 is 0 Å². The first-order chi connectivity index (χ1) is 9.33. The van der Waals surface area contributed by atoms with Crippen molar-refractivity contribution in [3.8, 4) is 0 Å². The zero-order chi connectivity index (χ0) is 14.8. The molecule has 1 saturated carbocycles. The zero-order valence-corrected chi connectivity index (χ0v) is 14.4. The minimum Gasteiger partial charge on any atom is -0.312 e. The molecular formula is C18H36N2. The molecule has 2 rings (SSSR count). The molecule has 1 aliphatic carbocycles. The first kappa shape index (κ1) is 16.3. The van der Waals surface area contributed by atoms with Gasteiger partial charge in [-0.25, -0.2) is 0 Å². The highest BCUT2D eigenvalue weighted by Gasteiger charge is 2.31. The molecule has 0 aromatic rings. The molecule has 2 fully saturated rings. The van der Waals surface area contributed by atoms with Crippen molar-refractivity contribution in [1.82, 2.24) is 10.2 Å². The molecule has 20 heavy (non-hydrogen) atoms. The molecule has 0 bridgehead atoms. The summed E-state index contributed by atoms with van der Waals surface area (Å²) in [4.78, 5) is 2.69. The Balaban J connectivity index is 1.85. The topological polar surface area (TPSA) is 15.3 Å². The molecule has 0 aromatic carbocycles. The SMILES string of the molecule is CC(C)N1CC(CC(C)(C)C)CC(NCC2CCC2)C1. The van der Waals surface area contributed by atoms with Crippen LogP contribution < -0.4 is 5.32 Å². The second-order valence-corrected chi connectivity index (χ2v) is 8.82. The molecular weight excluding hydrogens is 244 g/mol. The quantitative estimate of drug-likeness (QED) is 0.821. The van der Waals surface area contributed by atoms with Gasteiger partial charge in [0.15, 0.2) is 0 Å². The molecule has 1 N–H and O–H groups in total. The van der Waals surface area contributed by atoms with Crippen LogP contribution in [0.4, 0.5) is 0 Å². The van der Waals surface area contributed by atoms with Crippen LogP contribution in [0.5, 0.6) is 0 Å². The third-order valence-electron chi connectivity index (χ3n) is 5.12. The molecule has 2 heteroatoms. The standard InChI is InChI=1S/C18H36N2/c1-14(2)20-12-16(10-18(3,4)5)9-17(13-20)19-11-15-7-6-8-15/h14-17,19H,6-13H2,1-5H3. The number of rotatable bonds is 5. The van der Waals surface area contributed by atoms with Crippen LogP contribution in [0.15, 0.2) is 0 Å². The van der Waals surface area contributed by atoms with E-state index >= 15 is 0 Å². The Labute approximate surface area is 126 Å². The highest BCUT2D eigenvalue weighted by Crippen LogP contribution is 2.31. The Bertz CT molecular complexity index is 288. The van der Waals surface area contributed by atoms with E-state index < -0.39 is 0 Å². The van der Waals surface area contributed by atoms with Crippen molar-refractivity contribution in [2.24, 2.45) is 17.3 Å². The first-order valence-electron chi connectivity index (χ1n) is 8.81. The van der Waals surface area contributed by atoms with Gasteiger partial charge in [0.25, 0.3) is 0 Å². The highest BCUT2D eigenvalue weighted by molar-refractivity contribution is 4.87. The maximum Gasteiger partial charge on any atom is 0.0198 e. The minimum absolute atomic E-state index is 0.461. The molecule has 0 radical (unpaired) electrons. The molecule has 0 aromatic heterocycles. The lowest BCUT2D eigenvalue weighted by Crippen LogP contribution is -2.52. The van der Waals surface area contributed by atoms with Crippen molar-refractivity contribution in [1.29, 1.82) is 0 Å². The van der Waals surface area contributed by atoms with Crippen LogP contribution in [0, 0.1) is 17.3 Å². The Morgan fingerprint density at radius 3 is 2.30 bits per heavy atom. The van der Waals surface area contributed by atoms with E-state index in [1.165, 1.54) is 51.7 Å². The van der Waals surface area contributed by atoms with Crippen LogP contribution in [-0.2, 0) is 0 Å². The maximum atomic E-state index is 3.88. The summed E-state index contributed by atoms with van der Waals surface area (Å²) < 4.78 is 0. The number of hydrogen-bond acceptors (Lipinski definition) is 2. The van der Waals surface area contributed by atoms with Gasteiger partial charge < -0.3 is 5.32 Å². The predicted octanol–water partition coefficient (Wildman–Crippen LogP) is 3.91. The Kier molecular flexibility index (Phi) is 5.53. The van der Waals surface area contributed by atoms with Gasteiger partial charge in [-0.3, -0.25) is 4.90 Å². The number of likely N-dealkylation sites (tertiary alicyclic amines) is 1. The zero-order valence-electron chi connectivity index (χ0n) is 14.4. The fraction of sp³-hybridized carbons (Fsp3) is 1.00. The number of hydrogen-bond donors (Lipinski definition) is 1. The Morgan fingerprint density at radius 2 is 1.80 bits per heavy atom. The third-order valence-corrected chi connectivity index (χ3v) is 5.12. The second-order valence-electron chi connectivity index (χ2n) is 8.82. The van der Waals surface area contributed by atoms with E-state index in [9.17, 15) is 0 Å². The van der Waals surface area contributed by atoms with Crippen LogP contribution in [-0.4, -0.2) is 36.6 Å². The van der Waals surface area contributed by atoms with Crippen LogP contribution in [0.3, 0.4) is 0 Å². The van der Waals surface area contributed by atoms with Gasteiger partial charge in [0.1, 0.15) is 0 Å². The van der Waals surface area contributed by atoms with Crippen molar-refractivity contribution in [2.75, 3.05) is 19.6 Å². The first-order valence-corrected chi connectivity index (χ1v) is 8.81. The molecule has 2 aliphatic rings. The van der Waals surface area contributed by atoms with Crippen LogP contribution >= 0.6 is 0 Å². The summed E-state index contributed by atoms with van der Waals surface area (Å²) in [5, 5.41) is 3.88. The van der Waals surface area contributed by atoms with E-state index in [2.05, 4.69) is 44.8 Å². The molecule has 0 spiro atoms. The third kappa shape index (κ3) is 5.04. The number of nitrogens with one attached hydrogen (secondary N) is 1. The van der Waals surface area contributed by atoms with Crippen LogP contribution in [0.1, 0.15) is 66.7 Å². The van der Waals surface area contributed by atoms with E-state index in [0.717, 1.165) is 17.9 Å². The molecule has 1 saturated heterocycles. The largest absolute Gasteiger partial charge is 0.312 e. The average molecular weight is 281 g/mol. The summed E-state index contributed by atoms with van der Waals surface area (Å²) in [7, 11) is 0. The van der Waals surface area contributed by atoms with Crippen molar-refractivity contribution in [2.45, 2.75) is 78.8 Å². The maximum absolute atomic E-state index is 3.88. The molecule has 118 valence electrons.